The molecule has 2 N–H and O–H groups in total. The summed E-state index contributed by atoms with van der Waals surface area (Å²) in [5.74, 6) is 4.52. The predicted molar refractivity (Wildman–Crippen MR) is 73.2 cm³/mol. The molecule has 0 atom stereocenters. The highest BCUT2D eigenvalue weighted by atomic mass is 16.7. The number of hydrogen-bond acceptors (Lipinski definition) is 3. The van der Waals surface area contributed by atoms with E-state index >= 15 is 0 Å². The van der Waals surface area contributed by atoms with Gasteiger partial charge in [-0.05, 0) is 36.5 Å². The summed E-state index contributed by atoms with van der Waals surface area (Å²) >= 11 is 0. The molecule has 1 aromatic rings. The number of carbonyl (C=O) groups excluding carboxylic acids is 1. The minimum atomic E-state index is -0.465. The Labute approximate surface area is 109 Å². The molecule has 0 spiro atoms. The molecule has 0 aliphatic carbocycles. The Balaban J connectivity index is 3.03. The Kier molecular flexibility index (Phi) is 6.15. The van der Waals surface area contributed by atoms with E-state index in [2.05, 4.69) is 18.3 Å². The Hall–Kier alpha value is -1.61. The first-order valence-corrected chi connectivity index (χ1v) is 6.37. The van der Waals surface area contributed by atoms with Crippen molar-refractivity contribution in [3.8, 4) is 0 Å². The van der Waals surface area contributed by atoms with Crippen molar-refractivity contribution in [2.75, 3.05) is 0 Å². The zero-order valence-electron chi connectivity index (χ0n) is 10.9. The van der Waals surface area contributed by atoms with Crippen molar-refractivity contribution in [1.29, 1.82) is 0 Å². The molecular weight excluding hydrogens is 226 g/mol. The minimum Gasteiger partial charge on any atom is -0.370 e. The normalized spacial score (nSPS) is 10.1. The van der Waals surface area contributed by atoms with E-state index in [0.717, 1.165) is 43.2 Å². The zero-order valence-corrected chi connectivity index (χ0v) is 10.9. The molecule has 0 unspecified atom stereocenters. The molecule has 0 amide bonds. The summed E-state index contributed by atoms with van der Waals surface area (Å²) < 4.78 is 0. The first kappa shape index (κ1) is 14.5. The standard InChI is InChI=1S/C15H21NO2/c1-3-5-6-10-13-12(8-4-2)9-7-11-14(13)15(17)18-16/h4,7,9,11H,2-3,5-6,8,10,16H2,1H3. The van der Waals surface area contributed by atoms with E-state index in [9.17, 15) is 4.79 Å². The third-order valence-corrected chi connectivity index (χ3v) is 2.99. The molecule has 1 aromatic carbocycles. The van der Waals surface area contributed by atoms with E-state index in [1.807, 2.05) is 18.2 Å². The monoisotopic (exact) mass is 247 g/mol. The summed E-state index contributed by atoms with van der Waals surface area (Å²) in [7, 11) is 0. The Morgan fingerprint density at radius 2 is 2.22 bits per heavy atom. The van der Waals surface area contributed by atoms with Gasteiger partial charge in [-0.1, -0.05) is 38.0 Å². The summed E-state index contributed by atoms with van der Waals surface area (Å²) in [5.41, 5.74) is 2.75. The van der Waals surface area contributed by atoms with Crippen molar-refractivity contribution in [3.63, 3.8) is 0 Å². The first-order valence-electron chi connectivity index (χ1n) is 6.37. The van der Waals surface area contributed by atoms with Crippen LogP contribution in [-0.2, 0) is 17.7 Å². The number of unbranched alkanes of at least 4 members (excludes halogenated alkanes) is 2. The molecular formula is C15H21NO2. The molecule has 3 heteroatoms. The van der Waals surface area contributed by atoms with Crippen LogP contribution in [0.5, 0.6) is 0 Å². The lowest BCUT2D eigenvalue weighted by molar-refractivity contribution is 0.0502. The number of carbonyl (C=O) groups is 1. The van der Waals surface area contributed by atoms with Crippen LogP contribution in [0.25, 0.3) is 0 Å². The van der Waals surface area contributed by atoms with E-state index in [1.165, 1.54) is 0 Å². The van der Waals surface area contributed by atoms with Crippen molar-refractivity contribution in [1.82, 2.24) is 0 Å². The van der Waals surface area contributed by atoms with Crippen LogP contribution in [0, 0.1) is 0 Å². The fourth-order valence-electron chi connectivity index (χ4n) is 2.08. The maximum absolute atomic E-state index is 11.7. The fourth-order valence-corrected chi connectivity index (χ4v) is 2.08. The molecule has 0 aliphatic heterocycles. The minimum absolute atomic E-state index is 0.465. The highest BCUT2D eigenvalue weighted by Crippen LogP contribution is 2.19. The third-order valence-electron chi connectivity index (χ3n) is 2.99. The molecule has 0 saturated carbocycles. The molecule has 98 valence electrons. The lowest BCUT2D eigenvalue weighted by Gasteiger charge is -2.12. The molecule has 1 rings (SSSR count). The van der Waals surface area contributed by atoms with Gasteiger partial charge in [0.1, 0.15) is 0 Å². The van der Waals surface area contributed by atoms with Crippen molar-refractivity contribution in [3.05, 3.63) is 47.5 Å². The Bertz CT molecular complexity index is 413. The average Bonchev–Trinajstić information content (AvgIpc) is 2.40. The van der Waals surface area contributed by atoms with E-state index < -0.39 is 5.97 Å². The summed E-state index contributed by atoms with van der Waals surface area (Å²) in [6.45, 7) is 5.90. The van der Waals surface area contributed by atoms with Crippen LogP contribution in [0.3, 0.4) is 0 Å². The predicted octanol–water partition coefficient (Wildman–Crippen LogP) is 3.18. The molecule has 3 nitrogen and oxygen atoms in total. The number of rotatable bonds is 7. The molecule has 0 bridgehead atoms. The van der Waals surface area contributed by atoms with Gasteiger partial charge in [0.05, 0.1) is 5.56 Å². The van der Waals surface area contributed by atoms with Crippen LogP contribution in [0.1, 0.15) is 47.7 Å². The van der Waals surface area contributed by atoms with E-state index in [1.54, 1.807) is 6.07 Å². The van der Waals surface area contributed by atoms with Crippen LogP contribution in [-0.4, -0.2) is 5.97 Å². The quantitative estimate of drug-likeness (QED) is 0.457. The average molecular weight is 247 g/mol. The molecule has 0 radical (unpaired) electrons. The van der Waals surface area contributed by atoms with Gasteiger partial charge in [0, 0.05) is 0 Å². The molecule has 0 saturated heterocycles. The fraction of sp³-hybridized carbons (Fsp3) is 0.400. The van der Waals surface area contributed by atoms with Crippen molar-refractivity contribution < 1.29 is 9.63 Å². The highest BCUT2D eigenvalue weighted by molar-refractivity contribution is 5.91. The van der Waals surface area contributed by atoms with Gasteiger partial charge in [-0.15, -0.1) is 6.58 Å². The molecule has 18 heavy (non-hydrogen) atoms. The second-order valence-electron chi connectivity index (χ2n) is 4.30. The maximum Gasteiger partial charge on any atom is 0.356 e. The van der Waals surface area contributed by atoms with Crippen molar-refractivity contribution in [2.45, 2.75) is 39.0 Å². The van der Waals surface area contributed by atoms with Gasteiger partial charge < -0.3 is 4.84 Å². The number of nitrogens with two attached hydrogens (primary N) is 1. The van der Waals surface area contributed by atoms with Crippen LogP contribution >= 0.6 is 0 Å². The van der Waals surface area contributed by atoms with Gasteiger partial charge in [-0.25, -0.2) is 4.79 Å². The van der Waals surface area contributed by atoms with Gasteiger partial charge in [0.2, 0.25) is 0 Å². The van der Waals surface area contributed by atoms with Gasteiger partial charge in [0.15, 0.2) is 0 Å². The van der Waals surface area contributed by atoms with Gasteiger partial charge in [0.25, 0.3) is 0 Å². The van der Waals surface area contributed by atoms with E-state index in [0.29, 0.717) is 5.56 Å². The van der Waals surface area contributed by atoms with Gasteiger partial charge in [-0.3, -0.25) is 0 Å². The van der Waals surface area contributed by atoms with Crippen LogP contribution in [0.15, 0.2) is 30.9 Å². The van der Waals surface area contributed by atoms with Crippen LogP contribution < -0.4 is 5.90 Å². The Morgan fingerprint density at radius 3 is 2.83 bits per heavy atom. The highest BCUT2D eigenvalue weighted by Gasteiger charge is 2.14. The number of allylic oxidation sites excluding steroid dienone is 1. The second kappa shape index (κ2) is 7.67. The summed E-state index contributed by atoms with van der Waals surface area (Å²) in [6, 6.07) is 5.65. The maximum atomic E-state index is 11.7. The van der Waals surface area contributed by atoms with Crippen LogP contribution in [0.2, 0.25) is 0 Å². The van der Waals surface area contributed by atoms with Gasteiger partial charge >= 0.3 is 5.97 Å². The number of hydrogen-bond donors (Lipinski definition) is 1. The second-order valence-corrected chi connectivity index (χ2v) is 4.30. The van der Waals surface area contributed by atoms with Crippen molar-refractivity contribution in [2.24, 2.45) is 5.90 Å². The van der Waals surface area contributed by atoms with Crippen molar-refractivity contribution >= 4 is 5.97 Å². The lowest BCUT2D eigenvalue weighted by atomic mass is 9.94. The van der Waals surface area contributed by atoms with Crippen LogP contribution in [0.4, 0.5) is 0 Å². The number of benzene rings is 1. The van der Waals surface area contributed by atoms with E-state index in [4.69, 9.17) is 5.90 Å². The molecule has 0 aliphatic rings. The third kappa shape index (κ3) is 3.70. The molecule has 0 fully saturated rings. The molecule has 0 aromatic heterocycles. The topological polar surface area (TPSA) is 52.3 Å². The summed E-state index contributed by atoms with van der Waals surface area (Å²) in [5, 5.41) is 0. The van der Waals surface area contributed by atoms with E-state index in [-0.39, 0.29) is 0 Å². The summed E-state index contributed by atoms with van der Waals surface area (Å²) in [4.78, 5) is 16.0. The SMILES string of the molecule is C=CCc1cccc(C(=O)ON)c1CCCCC. The molecule has 0 heterocycles. The Morgan fingerprint density at radius 1 is 1.44 bits per heavy atom. The smallest absolute Gasteiger partial charge is 0.356 e. The largest absolute Gasteiger partial charge is 0.370 e. The zero-order chi connectivity index (χ0) is 13.4. The first-order chi connectivity index (χ1) is 8.74. The summed E-state index contributed by atoms with van der Waals surface area (Å²) in [6.07, 6.45) is 6.85. The lowest BCUT2D eigenvalue weighted by Crippen LogP contribution is -2.14. The van der Waals surface area contributed by atoms with Gasteiger partial charge in [-0.2, -0.15) is 5.90 Å².